The molecule has 0 saturated carbocycles. The molecule has 0 amide bonds. The quantitative estimate of drug-likeness (QED) is 0.241. The monoisotopic (exact) mass is 437 g/mol. The summed E-state index contributed by atoms with van der Waals surface area (Å²) in [5, 5.41) is 16.1. The van der Waals surface area contributed by atoms with Crippen LogP contribution in [0.15, 0.2) is 35.3 Å². The van der Waals surface area contributed by atoms with Gasteiger partial charge in [-0.15, -0.1) is 24.0 Å². The zero-order valence-electron chi connectivity index (χ0n) is 13.4. The van der Waals surface area contributed by atoms with Crippen LogP contribution in [0.1, 0.15) is 24.8 Å². The van der Waals surface area contributed by atoms with Crippen LogP contribution < -0.4 is 10.6 Å². The van der Waals surface area contributed by atoms with Crippen molar-refractivity contribution >= 4 is 41.7 Å². The molecule has 1 atom stereocenters. The van der Waals surface area contributed by atoms with Crippen LogP contribution in [0, 0.1) is 0 Å². The second kappa shape index (κ2) is 14.1. The number of thioether (sulfide) groups is 1. The van der Waals surface area contributed by atoms with Gasteiger partial charge in [0, 0.05) is 19.0 Å². The van der Waals surface area contributed by atoms with Gasteiger partial charge in [-0.25, -0.2) is 0 Å². The lowest BCUT2D eigenvalue weighted by Crippen LogP contribution is -2.38. The van der Waals surface area contributed by atoms with Crippen molar-refractivity contribution in [1.29, 1.82) is 0 Å². The van der Waals surface area contributed by atoms with E-state index in [2.05, 4.69) is 28.8 Å². The van der Waals surface area contributed by atoms with Crippen LogP contribution in [0.3, 0.4) is 0 Å². The molecule has 0 bridgehead atoms. The zero-order valence-corrected chi connectivity index (χ0v) is 16.6. The third kappa shape index (κ3) is 8.85. The first-order valence-corrected chi connectivity index (χ1v) is 8.88. The Hall–Kier alpha value is -0.470. The number of aliphatic imine (C=N–C) groups is 1. The molecule has 6 heteroatoms. The Morgan fingerprint density at radius 3 is 2.59 bits per heavy atom. The number of benzene rings is 1. The van der Waals surface area contributed by atoms with Crippen LogP contribution in [0.2, 0.25) is 0 Å². The summed E-state index contributed by atoms with van der Waals surface area (Å²) < 4.78 is 0. The number of nitrogens with one attached hydrogen (secondary N) is 2. The van der Waals surface area contributed by atoms with Gasteiger partial charge in [0.1, 0.15) is 0 Å². The van der Waals surface area contributed by atoms with Crippen LogP contribution in [0.25, 0.3) is 0 Å². The van der Waals surface area contributed by atoms with E-state index >= 15 is 0 Å². The van der Waals surface area contributed by atoms with Crippen molar-refractivity contribution in [2.75, 3.05) is 38.2 Å². The molecule has 0 aromatic heterocycles. The molecule has 126 valence electrons. The van der Waals surface area contributed by atoms with E-state index in [1.165, 1.54) is 0 Å². The molecule has 0 aliphatic carbocycles. The highest BCUT2D eigenvalue weighted by Crippen LogP contribution is 2.14. The zero-order chi connectivity index (χ0) is 15.3. The smallest absolute Gasteiger partial charge is 0.191 e. The molecule has 3 N–H and O–H groups in total. The average Bonchev–Trinajstić information content (AvgIpc) is 2.53. The maximum atomic E-state index is 9.56. The molecule has 0 radical (unpaired) electrons. The number of hydrogen-bond donors (Lipinski definition) is 3. The molecule has 0 heterocycles. The molecule has 4 nitrogen and oxygen atoms in total. The third-order valence-electron chi connectivity index (χ3n) is 3.12. The molecule has 0 aliphatic heterocycles. The van der Waals surface area contributed by atoms with Crippen molar-refractivity contribution in [2.24, 2.45) is 4.99 Å². The SMILES string of the molecule is CCNC(=NCC(CO)c1ccccc1)NCCCSC.I. The fraction of sp³-hybridized carbons (Fsp3) is 0.562. The van der Waals surface area contributed by atoms with Crippen molar-refractivity contribution in [3.63, 3.8) is 0 Å². The summed E-state index contributed by atoms with van der Waals surface area (Å²) in [5.41, 5.74) is 1.13. The highest BCUT2D eigenvalue weighted by molar-refractivity contribution is 14.0. The van der Waals surface area contributed by atoms with Gasteiger partial charge in [0.25, 0.3) is 0 Å². The number of halogens is 1. The fourth-order valence-corrected chi connectivity index (χ4v) is 2.39. The van der Waals surface area contributed by atoms with Gasteiger partial charge in [-0.3, -0.25) is 4.99 Å². The Morgan fingerprint density at radius 1 is 1.27 bits per heavy atom. The van der Waals surface area contributed by atoms with E-state index in [9.17, 15) is 5.11 Å². The minimum atomic E-state index is 0. The lowest BCUT2D eigenvalue weighted by atomic mass is 10.0. The summed E-state index contributed by atoms with van der Waals surface area (Å²) in [5.74, 6) is 2.02. The first-order chi connectivity index (χ1) is 10.3. The predicted octanol–water partition coefficient (Wildman–Crippen LogP) is 2.69. The molecule has 0 spiro atoms. The largest absolute Gasteiger partial charge is 0.396 e. The maximum absolute atomic E-state index is 9.56. The molecule has 1 rings (SSSR count). The summed E-state index contributed by atoms with van der Waals surface area (Å²) in [6.07, 6.45) is 3.23. The van der Waals surface area contributed by atoms with Crippen LogP contribution in [-0.4, -0.2) is 49.3 Å². The predicted molar refractivity (Wildman–Crippen MR) is 109 cm³/mol. The van der Waals surface area contributed by atoms with Gasteiger partial charge >= 0.3 is 0 Å². The second-order valence-electron chi connectivity index (χ2n) is 4.78. The number of rotatable bonds is 9. The Morgan fingerprint density at radius 2 is 2.00 bits per heavy atom. The van der Waals surface area contributed by atoms with Gasteiger partial charge in [0.2, 0.25) is 0 Å². The summed E-state index contributed by atoms with van der Waals surface area (Å²) in [6.45, 7) is 4.50. The molecule has 1 aromatic carbocycles. The number of aliphatic hydroxyl groups excluding tert-OH is 1. The van der Waals surface area contributed by atoms with E-state index < -0.39 is 0 Å². The average molecular weight is 437 g/mol. The van der Waals surface area contributed by atoms with E-state index in [4.69, 9.17) is 0 Å². The van der Waals surface area contributed by atoms with Gasteiger partial charge < -0.3 is 15.7 Å². The topological polar surface area (TPSA) is 56.7 Å². The summed E-state index contributed by atoms with van der Waals surface area (Å²) in [6, 6.07) is 10.0. The van der Waals surface area contributed by atoms with Crippen LogP contribution in [-0.2, 0) is 0 Å². The number of aliphatic hydroxyl groups is 1. The van der Waals surface area contributed by atoms with E-state index in [0.29, 0.717) is 6.54 Å². The lowest BCUT2D eigenvalue weighted by molar-refractivity contribution is 0.268. The minimum absolute atomic E-state index is 0. The van der Waals surface area contributed by atoms with Gasteiger partial charge in [0.15, 0.2) is 5.96 Å². The highest BCUT2D eigenvalue weighted by atomic mass is 127. The van der Waals surface area contributed by atoms with Crippen molar-refractivity contribution in [3.8, 4) is 0 Å². The van der Waals surface area contributed by atoms with Crippen LogP contribution in [0.5, 0.6) is 0 Å². The highest BCUT2D eigenvalue weighted by Gasteiger charge is 2.09. The van der Waals surface area contributed by atoms with Gasteiger partial charge in [-0.1, -0.05) is 30.3 Å². The van der Waals surface area contributed by atoms with Gasteiger partial charge in [-0.2, -0.15) is 11.8 Å². The van der Waals surface area contributed by atoms with E-state index in [0.717, 1.165) is 36.8 Å². The first kappa shape index (κ1) is 21.5. The minimum Gasteiger partial charge on any atom is -0.396 e. The summed E-state index contributed by atoms with van der Waals surface area (Å²) >= 11 is 1.85. The Kier molecular flexibility index (Phi) is 13.8. The van der Waals surface area contributed by atoms with Gasteiger partial charge in [-0.05, 0) is 30.9 Å². The van der Waals surface area contributed by atoms with Crippen molar-refractivity contribution in [1.82, 2.24) is 10.6 Å². The number of nitrogens with zero attached hydrogens (tertiary/aromatic N) is 1. The molecule has 1 aromatic rings. The van der Waals surface area contributed by atoms with E-state index in [-0.39, 0.29) is 36.5 Å². The lowest BCUT2D eigenvalue weighted by Gasteiger charge is -2.15. The van der Waals surface area contributed by atoms with Gasteiger partial charge in [0.05, 0.1) is 13.2 Å². The van der Waals surface area contributed by atoms with Crippen molar-refractivity contribution in [3.05, 3.63) is 35.9 Å². The normalized spacial score (nSPS) is 12.4. The van der Waals surface area contributed by atoms with Crippen molar-refractivity contribution < 1.29 is 5.11 Å². The standard InChI is InChI=1S/C16H27N3OS.HI/c1-3-17-16(18-10-7-11-21-2)19-12-15(13-20)14-8-5-4-6-9-14;/h4-6,8-9,15,20H,3,7,10-13H2,1-2H3,(H2,17,18,19);1H. The van der Waals surface area contributed by atoms with E-state index in [1.54, 1.807) is 0 Å². The Bertz CT molecular complexity index is 404. The van der Waals surface area contributed by atoms with E-state index in [1.807, 2.05) is 42.1 Å². The molecule has 0 saturated heterocycles. The molecule has 1 unspecified atom stereocenters. The maximum Gasteiger partial charge on any atom is 0.191 e. The molecular weight excluding hydrogens is 409 g/mol. The van der Waals surface area contributed by atoms with Crippen LogP contribution >= 0.6 is 35.7 Å². The fourth-order valence-electron chi connectivity index (χ4n) is 1.96. The Balaban J connectivity index is 0.00000441. The molecular formula is C16H28IN3OS. The third-order valence-corrected chi connectivity index (χ3v) is 3.82. The van der Waals surface area contributed by atoms with Crippen LogP contribution in [0.4, 0.5) is 0 Å². The Labute approximate surface area is 155 Å². The van der Waals surface area contributed by atoms with Crippen molar-refractivity contribution in [2.45, 2.75) is 19.3 Å². The number of guanidine groups is 1. The summed E-state index contributed by atoms with van der Waals surface area (Å²) in [7, 11) is 0. The molecule has 0 aliphatic rings. The second-order valence-corrected chi connectivity index (χ2v) is 5.77. The molecule has 22 heavy (non-hydrogen) atoms. The first-order valence-electron chi connectivity index (χ1n) is 7.48. The molecule has 0 fully saturated rings. The number of hydrogen-bond acceptors (Lipinski definition) is 3. The summed E-state index contributed by atoms with van der Waals surface area (Å²) in [4.78, 5) is 4.59.